The average Bonchev–Trinajstić information content (AvgIpc) is 3.91. The molecule has 3 aliphatic rings. The lowest BCUT2D eigenvalue weighted by Gasteiger charge is -2.48. The molecule has 45 heavy (non-hydrogen) atoms. The van der Waals surface area contributed by atoms with Crippen LogP contribution in [-0.4, -0.2) is 52.8 Å². The third kappa shape index (κ3) is 5.79. The van der Waals surface area contributed by atoms with Gasteiger partial charge in [-0.3, -0.25) is 0 Å². The maximum Gasteiger partial charge on any atom is 0.409 e. The molecule has 3 fully saturated rings. The molecular formula is C38H48BN2OP2S+. The Kier molecular flexibility index (Phi) is 9.87. The van der Waals surface area contributed by atoms with Gasteiger partial charge < -0.3 is 5.11 Å². The first-order valence-corrected chi connectivity index (χ1v) is 21.4. The zero-order valence-electron chi connectivity index (χ0n) is 27.0. The van der Waals surface area contributed by atoms with E-state index in [9.17, 15) is 5.11 Å². The van der Waals surface area contributed by atoms with Gasteiger partial charge in [-0.2, -0.15) is 9.34 Å². The largest absolute Gasteiger partial charge is 0.409 e. The Morgan fingerprint density at radius 1 is 0.778 bits per heavy atom. The second-order valence-electron chi connectivity index (χ2n) is 13.4. The minimum absolute atomic E-state index is 0.176. The van der Waals surface area contributed by atoms with Crippen LogP contribution in [0.3, 0.4) is 0 Å². The molecule has 0 spiro atoms. The summed E-state index contributed by atoms with van der Waals surface area (Å²) in [6.45, 7) is 6.95. The Hall–Kier alpha value is -1.58. The molecule has 1 saturated carbocycles. The van der Waals surface area contributed by atoms with E-state index in [1.54, 1.807) is 0 Å². The van der Waals surface area contributed by atoms with Crippen molar-refractivity contribution in [2.45, 2.75) is 95.5 Å². The molecule has 1 aromatic heterocycles. The number of fused-ring (bicyclic) bond motifs is 1. The van der Waals surface area contributed by atoms with Crippen molar-refractivity contribution in [3.05, 3.63) is 89.8 Å². The molecule has 2 radical (unpaired) electrons. The lowest BCUT2D eigenvalue weighted by molar-refractivity contribution is 0.115. The molecule has 7 heteroatoms. The van der Waals surface area contributed by atoms with Crippen LogP contribution in [0.1, 0.15) is 82.6 Å². The first kappa shape index (κ1) is 32.0. The van der Waals surface area contributed by atoms with Crippen LogP contribution >= 0.6 is 26.7 Å². The van der Waals surface area contributed by atoms with E-state index in [0.29, 0.717) is 17.7 Å². The van der Waals surface area contributed by atoms with Crippen LogP contribution in [0.4, 0.5) is 0 Å². The molecule has 3 heterocycles. The summed E-state index contributed by atoms with van der Waals surface area (Å²) < 4.78 is 6.92. The zero-order chi connectivity index (χ0) is 31.0. The molecule has 0 amide bonds. The zero-order valence-corrected chi connectivity index (χ0v) is 29.6. The predicted octanol–water partition coefficient (Wildman–Crippen LogP) is 8.54. The van der Waals surface area contributed by atoms with Crippen LogP contribution < -0.4 is 15.9 Å². The molecule has 2 saturated heterocycles. The van der Waals surface area contributed by atoms with Crippen molar-refractivity contribution < 1.29 is 5.11 Å². The maximum atomic E-state index is 12.9. The van der Waals surface area contributed by atoms with Crippen LogP contribution in [0.25, 0.3) is 10.1 Å². The van der Waals surface area contributed by atoms with Gasteiger partial charge in [0.25, 0.3) is 0 Å². The van der Waals surface area contributed by atoms with E-state index < -0.39 is 21.5 Å². The first-order valence-electron chi connectivity index (χ1n) is 17.4. The fraction of sp³-hybridized carbons (Fsp3) is 0.474. The van der Waals surface area contributed by atoms with Gasteiger partial charge in [0.05, 0.1) is 11.8 Å². The number of aliphatic hydroxyl groups excluding tert-OH is 1. The molecule has 0 bridgehead atoms. The number of aliphatic hydroxyl groups is 1. The van der Waals surface area contributed by atoms with E-state index in [1.165, 1.54) is 69.4 Å². The van der Waals surface area contributed by atoms with Gasteiger partial charge in [0.2, 0.25) is 0 Å². The molecule has 3 aromatic carbocycles. The lowest BCUT2D eigenvalue weighted by atomic mass is 9.99. The Bertz CT molecular complexity index is 1510. The van der Waals surface area contributed by atoms with Gasteiger partial charge in [-0.1, -0.05) is 92.7 Å². The first-order chi connectivity index (χ1) is 22.1. The molecular weight excluding hydrogens is 605 g/mol. The molecule has 1 aliphatic carbocycles. The summed E-state index contributed by atoms with van der Waals surface area (Å²) in [4.78, 5) is 1.18. The highest BCUT2D eigenvalue weighted by atomic mass is 32.1. The summed E-state index contributed by atoms with van der Waals surface area (Å²) in [6.07, 6.45) is 10.2. The molecule has 5 atom stereocenters. The van der Waals surface area contributed by atoms with E-state index in [0.717, 1.165) is 32.4 Å². The smallest absolute Gasteiger partial charge is 0.387 e. The van der Waals surface area contributed by atoms with Gasteiger partial charge in [0, 0.05) is 51.4 Å². The van der Waals surface area contributed by atoms with Crippen molar-refractivity contribution in [1.82, 2.24) is 9.34 Å². The molecule has 3 nitrogen and oxygen atoms in total. The molecule has 234 valence electrons. The van der Waals surface area contributed by atoms with Gasteiger partial charge in [-0.25, -0.2) is 0 Å². The minimum atomic E-state index is -2.16. The number of rotatable bonds is 10. The number of hydrogen-bond donors (Lipinski definition) is 1. The Labute approximate surface area is 278 Å². The van der Waals surface area contributed by atoms with E-state index in [-0.39, 0.29) is 5.92 Å². The highest BCUT2D eigenvalue weighted by Gasteiger charge is 2.61. The lowest BCUT2D eigenvalue weighted by Crippen LogP contribution is -2.47. The molecule has 7 rings (SSSR count). The molecule has 2 unspecified atom stereocenters. The van der Waals surface area contributed by atoms with Crippen LogP contribution in [-0.2, 0) is 0 Å². The minimum Gasteiger partial charge on any atom is -0.387 e. The summed E-state index contributed by atoms with van der Waals surface area (Å²) in [7, 11) is 5.06. The normalized spacial score (nSPS) is 25.5. The highest BCUT2D eigenvalue weighted by Crippen LogP contribution is 2.74. The summed E-state index contributed by atoms with van der Waals surface area (Å²) >= 11 is 1.83. The maximum absolute atomic E-state index is 12.9. The third-order valence-corrected chi connectivity index (χ3v) is 19.3. The summed E-state index contributed by atoms with van der Waals surface area (Å²) in [5.74, 6) is 0.176. The standard InChI is InChI=1S/C38H48BN2OP2S/c1-3-28-16-14-26-40(28)44(39,41-27-15-17-29(41)4-2)34-24-13-23-32(34)36(42)38-37(33-22-11-12-25-35(33)45-38)43(30-18-7-5-8-19-30)31-20-9-6-10-21-31/h5-12,18-22,25,28-29,32,34,36,42H,3-4,13-17,23-24,26-27H2,1-2H3/q+1/t28-,29-,32?,34?,36-/m1/s1. The summed E-state index contributed by atoms with van der Waals surface area (Å²) in [5, 5.41) is 18.2. The van der Waals surface area contributed by atoms with E-state index >= 15 is 0 Å². The van der Waals surface area contributed by atoms with Crippen molar-refractivity contribution in [3.8, 4) is 0 Å². The van der Waals surface area contributed by atoms with Crippen molar-refractivity contribution in [3.63, 3.8) is 0 Å². The Morgan fingerprint density at radius 3 is 1.91 bits per heavy atom. The van der Waals surface area contributed by atoms with Crippen LogP contribution in [0, 0.1) is 5.92 Å². The summed E-state index contributed by atoms with van der Waals surface area (Å²) in [6, 6.07) is 32.0. The number of hydrogen-bond acceptors (Lipinski definition) is 4. The van der Waals surface area contributed by atoms with Crippen LogP contribution in [0.2, 0.25) is 0 Å². The fourth-order valence-electron chi connectivity index (χ4n) is 8.89. The van der Waals surface area contributed by atoms with Gasteiger partial charge >= 0.3 is 7.57 Å². The number of benzene rings is 3. The second-order valence-corrected chi connectivity index (χ2v) is 19.7. The van der Waals surface area contributed by atoms with Crippen LogP contribution in [0.15, 0.2) is 84.9 Å². The van der Waals surface area contributed by atoms with E-state index in [1.807, 2.05) is 11.3 Å². The average molecular weight is 654 g/mol. The van der Waals surface area contributed by atoms with Crippen molar-refractivity contribution >= 4 is 60.3 Å². The van der Waals surface area contributed by atoms with Crippen LogP contribution in [0.5, 0.6) is 0 Å². The predicted molar refractivity (Wildman–Crippen MR) is 199 cm³/mol. The van der Waals surface area contributed by atoms with Crippen molar-refractivity contribution in [2.24, 2.45) is 5.92 Å². The molecule has 1 N–H and O–H groups in total. The van der Waals surface area contributed by atoms with Gasteiger partial charge in [-0.05, 0) is 82.4 Å². The van der Waals surface area contributed by atoms with Gasteiger partial charge in [0.15, 0.2) is 0 Å². The van der Waals surface area contributed by atoms with E-state index in [2.05, 4.69) is 108 Å². The topological polar surface area (TPSA) is 26.7 Å². The fourth-order valence-corrected chi connectivity index (χ4v) is 18.1. The van der Waals surface area contributed by atoms with E-state index in [4.69, 9.17) is 7.57 Å². The third-order valence-electron chi connectivity index (χ3n) is 11.0. The van der Waals surface area contributed by atoms with Crippen molar-refractivity contribution in [2.75, 3.05) is 13.1 Å². The number of thiophene rings is 1. The number of nitrogens with zero attached hydrogens (tertiary/aromatic N) is 2. The Balaban J connectivity index is 1.35. The molecule has 4 aromatic rings. The quantitative estimate of drug-likeness (QED) is 0.137. The van der Waals surface area contributed by atoms with Gasteiger partial charge in [0.1, 0.15) is 7.44 Å². The SMILES string of the molecule is [B][P+](C1CCCC1[C@@H](O)c1sc2ccccc2c1P(c1ccccc1)c1ccccc1)(N1CCC[C@H]1CC)N1CCC[C@H]1CC. The Morgan fingerprint density at radius 2 is 1.33 bits per heavy atom. The monoisotopic (exact) mass is 653 g/mol. The van der Waals surface area contributed by atoms with Crippen molar-refractivity contribution in [1.29, 1.82) is 0 Å². The second kappa shape index (κ2) is 13.9. The highest BCUT2D eigenvalue weighted by molar-refractivity contribution is 7.94. The van der Waals surface area contributed by atoms with Gasteiger partial charge in [-0.15, -0.1) is 11.3 Å². The summed E-state index contributed by atoms with van der Waals surface area (Å²) in [5.41, 5.74) is 0.338. The molecule has 2 aliphatic heterocycles.